The number of halogens is 1. The molecule has 1 aromatic heterocycles. The normalized spacial score (nSPS) is 17.7. The van der Waals surface area contributed by atoms with Gasteiger partial charge in [-0.15, -0.1) is 0 Å². The van der Waals surface area contributed by atoms with Crippen LogP contribution in [0.2, 0.25) is 5.28 Å². The summed E-state index contributed by atoms with van der Waals surface area (Å²) >= 11 is 7.82. The summed E-state index contributed by atoms with van der Waals surface area (Å²) in [7, 11) is 0. The number of nitrogens with one attached hydrogen (secondary N) is 1. The molecular formula is C10H14ClN3S. The van der Waals surface area contributed by atoms with E-state index in [-0.39, 0.29) is 0 Å². The van der Waals surface area contributed by atoms with Crippen LogP contribution in [0.5, 0.6) is 0 Å². The molecule has 0 unspecified atom stereocenters. The number of nitrogens with zero attached hydrogens (tertiary/aromatic N) is 2. The maximum atomic E-state index is 5.80. The van der Waals surface area contributed by atoms with Crippen molar-refractivity contribution in [2.75, 3.05) is 16.8 Å². The summed E-state index contributed by atoms with van der Waals surface area (Å²) in [6.45, 7) is 1.93. The fourth-order valence-corrected chi connectivity index (χ4v) is 2.99. The third kappa shape index (κ3) is 3.24. The van der Waals surface area contributed by atoms with Crippen LogP contribution in [-0.2, 0) is 0 Å². The van der Waals surface area contributed by atoms with E-state index >= 15 is 0 Å². The van der Waals surface area contributed by atoms with Crippen LogP contribution in [0.3, 0.4) is 0 Å². The summed E-state index contributed by atoms with van der Waals surface area (Å²) in [4.78, 5) is 8.20. The van der Waals surface area contributed by atoms with Crippen molar-refractivity contribution in [2.24, 2.45) is 0 Å². The molecular weight excluding hydrogens is 230 g/mol. The number of hydrogen-bond acceptors (Lipinski definition) is 4. The van der Waals surface area contributed by atoms with Crippen molar-refractivity contribution < 1.29 is 0 Å². The fraction of sp³-hybridized carbons (Fsp3) is 0.600. The largest absolute Gasteiger partial charge is 0.367 e. The molecule has 0 amide bonds. The average Bonchev–Trinajstić information content (AvgIpc) is 2.17. The summed E-state index contributed by atoms with van der Waals surface area (Å²) in [6.07, 6.45) is 2.40. The minimum Gasteiger partial charge on any atom is -0.367 e. The minimum atomic E-state index is 0.322. The number of hydrogen-bond donors (Lipinski definition) is 1. The van der Waals surface area contributed by atoms with E-state index in [0.29, 0.717) is 11.3 Å². The van der Waals surface area contributed by atoms with Gasteiger partial charge in [0.15, 0.2) is 0 Å². The molecule has 1 saturated heterocycles. The van der Waals surface area contributed by atoms with Crippen molar-refractivity contribution in [2.45, 2.75) is 25.8 Å². The lowest BCUT2D eigenvalue weighted by Gasteiger charge is -2.23. The fourth-order valence-electron chi connectivity index (χ4n) is 1.66. The Hall–Kier alpha value is -0.480. The van der Waals surface area contributed by atoms with Gasteiger partial charge in [-0.05, 0) is 42.9 Å². The number of anilines is 1. The molecule has 0 aromatic carbocycles. The third-order valence-electron chi connectivity index (χ3n) is 2.40. The zero-order chi connectivity index (χ0) is 10.7. The summed E-state index contributed by atoms with van der Waals surface area (Å²) in [5.74, 6) is 3.31. The number of thioether (sulfide) groups is 1. The summed E-state index contributed by atoms with van der Waals surface area (Å²) in [5.41, 5.74) is 0.905. The van der Waals surface area contributed by atoms with Crippen LogP contribution in [0.25, 0.3) is 0 Å². The van der Waals surface area contributed by atoms with Crippen molar-refractivity contribution >= 4 is 29.2 Å². The number of aryl methyl sites for hydroxylation is 1. The van der Waals surface area contributed by atoms with E-state index in [1.54, 1.807) is 0 Å². The maximum absolute atomic E-state index is 5.80. The second kappa shape index (κ2) is 5.03. The third-order valence-corrected chi connectivity index (χ3v) is 3.62. The average molecular weight is 244 g/mol. The van der Waals surface area contributed by atoms with E-state index < -0.39 is 0 Å². The van der Waals surface area contributed by atoms with Crippen LogP contribution >= 0.6 is 23.4 Å². The maximum Gasteiger partial charge on any atom is 0.224 e. The molecule has 2 heterocycles. The Morgan fingerprint density at radius 1 is 1.40 bits per heavy atom. The minimum absolute atomic E-state index is 0.322. The highest BCUT2D eigenvalue weighted by Crippen LogP contribution is 2.20. The Bertz CT molecular complexity index is 319. The lowest BCUT2D eigenvalue weighted by Crippen LogP contribution is -2.25. The van der Waals surface area contributed by atoms with Gasteiger partial charge in [0.25, 0.3) is 0 Å². The second-order valence-electron chi connectivity index (χ2n) is 3.69. The number of rotatable bonds is 2. The van der Waals surface area contributed by atoms with Gasteiger partial charge in [0.05, 0.1) is 0 Å². The van der Waals surface area contributed by atoms with Crippen LogP contribution in [0.4, 0.5) is 5.82 Å². The molecule has 0 radical (unpaired) electrons. The van der Waals surface area contributed by atoms with E-state index in [0.717, 1.165) is 11.5 Å². The molecule has 2 rings (SSSR count). The van der Waals surface area contributed by atoms with Gasteiger partial charge < -0.3 is 5.32 Å². The van der Waals surface area contributed by atoms with Crippen molar-refractivity contribution in [3.8, 4) is 0 Å². The molecule has 3 nitrogen and oxygen atoms in total. The van der Waals surface area contributed by atoms with Gasteiger partial charge in [-0.2, -0.15) is 11.8 Å². The molecule has 1 N–H and O–H groups in total. The van der Waals surface area contributed by atoms with E-state index in [2.05, 4.69) is 15.3 Å². The molecule has 1 aliphatic heterocycles. The molecule has 0 spiro atoms. The molecule has 5 heteroatoms. The van der Waals surface area contributed by atoms with E-state index in [1.807, 2.05) is 24.8 Å². The zero-order valence-corrected chi connectivity index (χ0v) is 10.2. The molecule has 1 aliphatic rings. The number of aromatic nitrogens is 2. The first-order valence-electron chi connectivity index (χ1n) is 5.09. The summed E-state index contributed by atoms with van der Waals surface area (Å²) in [6, 6.07) is 2.48. The van der Waals surface area contributed by atoms with Gasteiger partial charge in [0.1, 0.15) is 5.82 Å². The van der Waals surface area contributed by atoms with E-state index in [4.69, 9.17) is 11.6 Å². The molecule has 1 fully saturated rings. The Kier molecular flexibility index (Phi) is 3.70. The monoisotopic (exact) mass is 243 g/mol. The van der Waals surface area contributed by atoms with Crippen LogP contribution in [0, 0.1) is 6.92 Å². The zero-order valence-electron chi connectivity index (χ0n) is 8.66. The highest BCUT2D eigenvalue weighted by atomic mass is 35.5. The van der Waals surface area contributed by atoms with Gasteiger partial charge in [0, 0.05) is 17.8 Å². The van der Waals surface area contributed by atoms with Crippen molar-refractivity contribution in [3.05, 3.63) is 17.0 Å². The predicted octanol–water partition coefficient (Wildman–Crippen LogP) is 2.75. The highest BCUT2D eigenvalue weighted by Gasteiger charge is 2.14. The molecule has 0 saturated carbocycles. The van der Waals surface area contributed by atoms with Crippen LogP contribution in [-0.4, -0.2) is 27.5 Å². The molecule has 0 bridgehead atoms. The topological polar surface area (TPSA) is 37.8 Å². The van der Waals surface area contributed by atoms with Gasteiger partial charge in [-0.3, -0.25) is 0 Å². The van der Waals surface area contributed by atoms with Gasteiger partial charge in [-0.1, -0.05) is 0 Å². The van der Waals surface area contributed by atoms with Crippen LogP contribution in [0.1, 0.15) is 18.5 Å². The van der Waals surface area contributed by atoms with Crippen molar-refractivity contribution in [3.63, 3.8) is 0 Å². The first-order valence-corrected chi connectivity index (χ1v) is 6.63. The van der Waals surface area contributed by atoms with Crippen LogP contribution in [0.15, 0.2) is 6.07 Å². The first kappa shape index (κ1) is 11.0. The lowest BCUT2D eigenvalue weighted by molar-refractivity contribution is 0.663. The van der Waals surface area contributed by atoms with Crippen molar-refractivity contribution in [1.29, 1.82) is 0 Å². The van der Waals surface area contributed by atoms with Gasteiger partial charge >= 0.3 is 0 Å². The quantitative estimate of drug-likeness (QED) is 0.811. The Balaban J connectivity index is 2.02. The van der Waals surface area contributed by atoms with Crippen LogP contribution < -0.4 is 5.32 Å². The van der Waals surface area contributed by atoms with Gasteiger partial charge in [0.2, 0.25) is 5.28 Å². The first-order chi connectivity index (χ1) is 7.24. The summed E-state index contributed by atoms with van der Waals surface area (Å²) < 4.78 is 0. The molecule has 15 heavy (non-hydrogen) atoms. The molecule has 0 aliphatic carbocycles. The Labute approximate surface area is 99.0 Å². The highest BCUT2D eigenvalue weighted by molar-refractivity contribution is 7.99. The second-order valence-corrected chi connectivity index (χ2v) is 5.26. The lowest BCUT2D eigenvalue weighted by atomic mass is 10.1. The standard InChI is InChI=1S/C10H14ClN3S/c1-7-6-9(14-10(11)12-7)13-8-2-4-15-5-3-8/h6,8H,2-5H2,1H3,(H,12,13,14). The predicted molar refractivity (Wildman–Crippen MR) is 65.7 cm³/mol. The smallest absolute Gasteiger partial charge is 0.224 e. The SMILES string of the molecule is Cc1cc(NC2CCSCC2)nc(Cl)n1. The van der Waals surface area contributed by atoms with Crippen molar-refractivity contribution in [1.82, 2.24) is 9.97 Å². The van der Waals surface area contributed by atoms with E-state index in [9.17, 15) is 0 Å². The molecule has 82 valence electrons. The van der Waals surface area contributed by atoms with E-state index in [1.165, 1.54) is 24.3 Å². The van der Waals surface area contributed by atoms with Gasteiger partial charge in [-0.25, -0.2) is 9.97 Å². The molecule has 1 aromatic rings. The molecule has 0 atom stereocenters. The summed E-state index contributed by atoms with van der Waals surface area (Å²) in [5, 5.41) is 3.74. The Morgan fingerprint density at radius 3 is 2.80 bits per heavy atom. The Morgan fingerprint density at radius 2 is 2.13 bits per heavy atom.